The van der Waals surface area contributed by atoms with Crippen molar-refractivity contribution in [1.82, 2.24) is 10.6 Å². The Kier molecular flexibility index (Phi) is 6.53. The summed E-state index contributed by atoms with van der Waals surface area (Å²) in [5, 5.41) is 11.5. The normalized spacial score (nSPS) is 11.7. The summed E-state index contributed by atoms with van der Waals surface area (Å²) in [5.41, 5.74) is 0.896. The Bertz CT molecular complexity index is 890. The zero-order valence-electron chi connectivity index (χ0n) is 17.0. The van der Waals surface area contributed by atoms with Crippen molar-refractivity contribution in [3.05, 3.63) is 60.2 Å². The average Bonchev–Trinajstić information content (AvgIpc) is 2.65. The number of ether oxygens (including phenoxy) is 1. The largest absolute Gasteiger partial charge is 0.444 e. The molecule has 0 aliphatic rings. The van der Waals surface area contributed by atoms with E-state index in [1.165, 1.54) is 27.1 Å². The maximum Gasteiger partial charge on any atom is 0.407 e. The summed E-state index contributed by atoms with van der Waals surface area (Å²) in [6.07, 6.45) is 1.57. The third-order valence-corrected chi connectivity index (χ3v) is 4.63. The maximum atomic E-state index is 11.6. The molecule has 1 amide bonds. The molecule has 0 bridgehead atoms. The van der Waals surface area contributed by atoms with E-state index in [2.05, 4.69) is 65.2 Å². The molecule has 3 aromatic carbocycles. The molecule has 0 heterocycles. The molecule has 4 nitrogen and oxygen atoms in total. The molecule has 0 saturated carbocycles. The minimum Gasteiger partial charge on any atom is -0.444 e. The van der Waals surface area contributed by atoms with Gasteiger partial charge in [0, 0.05) is 13.1 Å². The van der Waals surface area contributed by atoms with Crippen molar-refractivity contribution in [3.63, 3.8) is 0 Å². The van der Waals surface area contributed by atoms with Crippen molar-refractivity contribution in [2.24, 2.45) is 0 Å². The van der Waals surface area contributed by atoms with Crippen LogP contribution in [-0.4, -0.2) is 24.8 Å². The topological polar surface area (TPSA) is 50.4 Å². The number of amides is 1. The molecule has 148 valence electrons. The van der Waals surface area contributed by atoms with Gasteiger partial charge in [-0.15, -0.1) is 0 Å². The fourth-order valence-corrected chi connectivity index (χ4v) is 3.39. The van der Waals surface area contributed by atoms with Gasteiger partial charge >= 0.3 is 6.09 Å². The second kappa shape index (κ2) is 9.07. The molecule has 0 aliphatic heterocycles. The number of hydrogen-bond acceptors (Lipinski definition) is 3. The fraction of sp³-hybridized carbons (Fsp3) is 0.375. The van der Waals surface area contributed by atoms with E-state index in [0.717, 1.165) is 25.9 Å². The summed E-state index contributed by atoms with van der Waals surface area (Å²) in [6, 6.07) is 19.4. The quantitative estimate of drug-likeness (QED) is 0.428. The first-order valence-electron chi connectivity index (χ1n) is 10.0. The van der Waals surface area contributed by atoms with Gasteiger partial charge in [0.05, 0.1) is 0 Å². The van der Waals surface area contributed by atoms with Crippen LogP contribution in [0.25, 0.3) is 21.5 Å². The first-order chi connectivity index (χ1) is 13.4. The van der Waals surface area contributed by atoms with Crippen LogP contribution in [0.5, 0.6) is 0 Å². The SMILES string of the molecule is CC(C)(C)OC(=O)NCCCCNCc1c2ccccc2cc2ccccc12. The van der Waals surface area contributed by atoms with Crippen LogP contribution in [0.1, 0.15) is 39.2 Å². The lowest BCUT2D eigenvalue weighted by atomic mass is 9.97. The molecular weight excluding hydrogens is 348 g/mol. The number of unbranched alkanes of at least 4 members (excludes halogenated alkanes) is 1. The molecule has 0 aromatic heterocycles. The number of rotatable bonds is 7. The van der Waals surface area contributed by atoms with E-state index < -0.39 is 5.60 Å². The van der Waals surface area contributed by atoms with Gasteiger partial charge in [0.1, 0.15) is 5.60 Å². The summed E-state index contributed by atoms with van der Waals surface area (Å²) in [7, 11) is 0. The molecule has 0 spiro atoms. The van der Waals surface area contributed by atoms with Crippen molar-refractivity contribution >= 4 is 27.6 Å². The van der Waals surface area contributed by atoms with Crippen LogP contribution >= 0.6 is 0 Å². The number of benzene rings is 3. The lowest BCUT2D eigenvalue weighted by molar-refractivity contribution is 0.0527. The minimum absolute atomic E-state index is 0.345. The van der Waals surface area contributed by atoms with Gasteiger partial charge in [-0.05, 0) is 73.3 Å². The molecule has 28 heavy (non-hydrogen) atoms. The molecule has 0 aliphatic carbocycles. The van der Waals surface area contributed by atoms with Crippen molar-refractivity contribution in [3.8, 4) is 0 Å². The minimum atomic E-state index is -0.452. The lowest BCUT2D eigenvalue weighted by Gasteiger charge is -2.19. The van der Waals surface area contributed by atoms with Crippen molar-refractivity contribution in [2.45, 2.75) is 45.8 Å². The van der Waals surface area contributed by atoms with E-state index in [4.69, 9.17) is 4.74 Å². The third kappa shape index (κ3) is 5.46. The number of hydrogen-bond donors (Lipinski definition) is 2. The van der Waals surface area contributed by atoms with Gasteiger partial charge < -0.3 is 15.4 Å². The van der Waals surface area contributed by atoms with Gasteiger partial charge in [-0.3, -0.25) is 0 Å². The Hall–Kier alpha value is -2.59. The van der Waals surface area contributed by atoms with Crippen LogP contribution < -0.4 is 10.6 Å². The number of fused-ring (bicyclic) bond motifs is 2. The van der Waals surface area contributed by atoms with Crippen molar-refractivity contribution in [2.75, 3.05) is 13.1 Å². The first kappa shape index (κ1) is 20.2. The Balaban J connectivity index is 1.51. The van der Waals surface area contributed by atoms with Crippen LogP contribution in [0.3, 0.4) is 0 Å². The highest BCUT2D eigenvalue weighted by Crippen LogP contribution is 2.28. The molecule has 3 rings (SSSR count). The van der Waals surface area contributed by atoms with Crippen molar-refractivity contribution in [1.29, 1.82) is 0 Å². The second-order valence-corrected chi connectivity index (χ2v) is 8.11. The summed E-state index contributed by atoms with van der Waals surface area (Å²) in [5.74, 6) is 0. The van der Waals surface area contributed by atoms with E-state index in [-0.39, 0.29) is 6.09 Å². The first-order valence-corrected chi connectivity index (χ1v) is 10.0. The van der Waals surface area contributed by atoms with Gasteiger partial charge in [-0.25, -0.2) is 4.79 Å². The summed E-state index contributed by atoms with van der Waals surface area (Å²) in [6.45, 7) is 7.98. The Labute approximate surface area is 167 Å². The lowest BCUT2D eigenvalue weighted by Crippen LogP contribution is -2.33. The summed E-state index contributed by atoms with van der Waals surface area (Å²) >= 11 is 0. The van der Waals surface area contributed by atoms with E-state index >= 15 is 0 Å². The van der Waals surface area contributed by atoms with E-state index in [1.54, 1.807) is 0 Å². The Morgan fingerprint density at radius 1 is 0.893 bits per heavy atom. The standard InChI is InChI=1S/C24H30N2O2/c1-24(2,3)28-23(27)26-15-9-8-14-25-17-22-20-12-6-4-10-18(20)16-19-11-5-7-13-21(19)22/h4-7,10-13,16,25H,8-9,14-15,17H2,1-3H3,(H,26,27). The van der Waals surface area contributed by atoms with Crippen LogP contribution in [-0.2, 0) is 11.3 Å². The molecule has 0 atom stereocenters. The van der Waals surface area contributed by atoms with Crippen LogP contribution in [0.2, 0.25) is 0 Å². The maximum absolute atomic E-state index is 11.6. The van der Waals surface area contributed by atoms with Gasteiger partial charge in [-0.2, -0.15) is 0 Å². The Morgan fingerprint density at radius 3 is 2.07 bits per heavy atom. The van der Waals surface area contributed by atoms with Crippen LogP contribution in [0, 0.1) is 0 Å². The Morgan fingerprint density at radius 2 is 1.46 bits per heavy atom. The van der Waals surface area contributed by atoms with Gasteiger partial charge in [0.2, 0.25) is 0 Å². The number of alkyl carbamates (subject to hydrolysis) is 1. The molecule has 0 saturated heterocycles. The number of carbonyl (C=O) groups excluding carboxylic acids is 1. The predicted molar refractivity (Wildman–Crippen MR) is 117 cm³/mol. The predicted octanol–water partition coefficient (Wildman–Crippen LogP) is 5.39. The van der Waals surface area contributed by atoms with Crippen LogP contribution in [0.4, 0.5) is 4.79 Å². The number of carbonyl (C=O) groups is 1. The highest BCUT2D eigenvalue weighted by molar-refractivity contribution is 6.02. The second-order valence-electron chi connectivity index (χ2n) is 8.11. The van der Waals surface area contributed by atoms with Gasteiger partial charge in [0.15, 0.2) is 0 Å². The van der Waals surface area contributed by atoms with Gasteiger partial charge in [0.25, 0.3) is 0 Å². The molecular formula is C24H30N2O2. The third-order valence-electron chi connectivity index (χ3n) is 4.63. The van der Waals surface area contributed by atoms with Gasteiger partial charge in [-0.1, -0.05) is 48.5 Å². The number of nitrogens with one attached hydrogen (secondary N) is 2. The fourth-order valence-electron chi connectivity index (χ4n) is 3.39. The zero-order valence-corrected chi connectivity index (χ0v) is 17.0. The van der Waals surface area contributed by atoms with Crippen molar-refractivity contribution < 1.29 is 9.53 Å². The molecule has 0 fully saturated rings. The molecule has 4 heteroatoms. The smallest absolute Gasteiger partial charge is 0.407 e. The molecule has 0 radical (unpaired) electrons. The molecule has 3 aromatic rings. The zero-order chi connectivity index (χ0) is 20.0. The van der Waals surface area contributed by atoms with E-state index in [9.17, 15) is 4.79 Å². The molecule has 0 unspecified atom stereocenters. The highest BCUT2D eigenvalue weighted by Gasteiger charge is 2.15. The van der Waals surface area contributed by atoms with E-state index in [0.29, 0.717) is 6.54 Å². The molecule has 2 N–H and O–H groups in total. The summed E-state index contributed by atoms with van der Waals surface area (Å²) in [4.78, 5) is 11.6. The monoisotopic (exact) mass is 378 g/mol. The summed E-state index contributed by atoms with van der Waals surface area (Å²) < 4.78 is 5.24. The van der Waals surface area contributed by atoms with E-state index in [1.807, 2.05) is 20.8 Å². The average molecular weight is 379 g/mol. The van der Waals surface area contributed by atoms with Crippen LogP contribution in [0.15, 0.2) is 54.6 Å². The highest BCUT2D eigenvalue weighted by atomic mass is 16.6.